The highest BCUT2D eigenvalue weighted by Crippen LogP contribution is 2.20. The predicted octanol–water partition coefficient (Wildman–Crippen LogP) is 1.08. The summed E-state index contributed by atoms with van der Waals surface area (Å²) in [6.07, 6.45) is 1.26. The van der Waals surface area contributed by atoms with Gasteiger partial charge in [0.2, 0.25) is 5.91 Å². The molecule has 1 amide bonds. The van der Waals surface area contributed by atoms with Gasteiger partial charge in [-0.1, -0.05) is 12.1 Å². The van der Waals surface area contributed by atoms with Crippen molar-refractivity contribution in [3.05, 3.63) is 47.5 Å². The van der Waals surface area contributed by atoms with E-state index in [1.54, 1.807) is 30.3 Å². The first kappa shape index (κ1) is 16.7. The van der Waals surface area contributed by atoms with Crippen molar-refractivity contribution in [1.29, 1.82) is 10.5 Å². The Kier molecular flexibility index (Phi) is 4.93. The molecule has 0 fully saturated rings. The molecule has 0 N–H and O–H groups in total. The summed E-state index contributed by atoms with van der Waals surface area (Å²) in [5.74, 6) is -0.942. The number of anilines is 1. The van der Waals surface area contributed by atoms with Gasteiger partial charge in [0.1, 0.15) is 18.7 Å². The standard InChI is InChI=1S/C16H13N5O3/c1-20(13-6-4-3-5-11(13)16(23)24-2)15(22)9-21-10-19-12(7-17)14(21)8-18/h3-6,10H,9H2,1-2H3. The number of hydrogen-bond donors (Lipinski definition) is 0. The Balaban J connectivity index is 2.29. The SMILES string of the molecule is COC(=O)c1ccccc1N(C)C(=O)Cn1cnc(C#N)c1C#N. The van der Waals surface area contributed by atoms with Gasteiger partial charge < -0.3 is 14.2 Å². The third-order valence-electron chi connectivity index (χ3n) is 3.40. The molecule has 0 radical (unpaired) electrons. The summed E-state index contributed by atoms with van der Waals surface area (Å²) in [4.78, 5) is 29.4. The topological polar surface area (TPSA) is 112 Å². The van der Waals surface area contributed by atoms with Crippen molar-refractivity contribution in [3.8, 4) is 12.1 Å². The fourth-order valence-corrected chi connectivity index (χ4v) is 2.14. The second-order valence-electron chi connectivity index (χ2n) is 4.75. The number of amides is 1. The molecule has 1 aromatic carbocycles. The van der Waals surface area contributed by atoms with Crippen molar-refractivity contribution >= 4 is 17.6 Å². The smallest absolute Gasteiger partial charge is 0.339 e. The predicted molar refractivity (Wildman–Crippen MR) is 82.8 cm³/mol. The van der Waals surface area contributed by atoms with E-state index in [9.17, 15) is 9.59 Å². The number of likely N-dealkylation sites (N-methyl/N-ethyl adjacent to an activating group) is 1. The van der Waals surface area contributed by atoms with Gasteiger partial charge in [-0.15, -0.1) is 0 Å². The van der Waals surface area contributed by atoms with Crippen LogP contribution < -0.4 is 4.90 Å². The first-order valence-corrected chi connectivity index (χ1v) is 6.82. The summed E-state index contributed by atoms with van der Waals surface area (Å²) in [7, 11) is 2.77. The van der Waals surface area contributed by atoms with Crippen LogP contribution in [0.15, 0.2) is 30.6 Å². The van der Waals surface area contributed by atoms with Crippen molar-refractivity contribution in [2.45, 2.75) is 6.54 Å². The zero-order valence-corrected chi connectivity index (χ0v) is 13.1. The quantitative estimate of drug-likeness (QED) is 0.778. The molecule has 0 bridgehead atoms. The summed E-state index contributed by atoms with van der Waals surface area (Å²) >= 11 is 0. The number of hydrogen-bond acceptors (Lipinski definition) is 6. The molecule has 24 heavy (non-hydrogen) atoms. The van der Waals surface area contributed by atoms with Crippen LogP contribution in [0.5, 0.6) is 0 Å². The van der Waals surface area contributed by atoms with Crippen molar-refractivity contribution in [3.63, 3.8) is 0 Å². The Hall–Kier alpha value is -3.65. The zero-order chi connectivity index (χ0) is 17.7. The molecule has 2 aromatic rings. The Morgan fingerprint density at radius 1 is 1.29 bits per heavy atom. The van der Waals surface area contributed by atoms with E-state index in [4.69, 9.17) is 15.3 Å². The fraction of sp³-hybridized carbons (Fsp3) is 0.188. The van der Waals surface area contributed by atoms with E-state index in [0.717, 1.165) is 0 Å². The van der Waals surface area contributed by atoms with Crippen molar-refractivity contribution in [2.75, 3.05) is 19.1 Å². The maximum absolute atomic E-state index is 12.5. The summed E-state index contributed by atoms with van der Waals surface area (Å²) in [5, 5.41) is 18.0. The van der Waals surface area contributed by atoms with Crippen LogP contribution in [0.3, 0.4) is 0 Å². The molecule has 0 saturated heterocycles. The van der Waals surface area contributed by atoms with E-state index in [1.165, 1.54) is 30.0 Å². The highest BCUT2D eigenvalue weighted by atomic mass is 16.5. The van der Waals surface area contributed by atoms with Crippen LogP contribution >= 0.6 is 0 Å². The zero-order valence-electron chi connectivity index (χ0n) is 13.1. The third kappa shape index (κ3) is 3.08. The minimum Gasteiger partial charge on any atom is -0.465 e. The van der Waals surface area contributed by atoms with Gasteiger partial charge in [0.15, 0.2) is 11.4 Å². The molecule has 120 valence electrons. The molecule has 1 aromatic heterocycles. The second-order valence-corrected chi connectivity index (χ2v) is 4.75. The minimum absolute atomic E-state index is 0.0144. The molecule has 1 heterocycles. The summed E-state index contributed by atoms with van der Waals surface area (Å²) < 4.78 is 6.00. The first-order chi connectivity index (χ1) is 11.5. The number of benzene rings is 1. The molecule has 2 rings (SSSR count). The number of carbonyl (C=O) groups excluding carboxylic acids is 2. The lowest BCUT2D eigenvalue weighted by Crippen LogP contribution is -2.31. The van der Waals surface area contributed by atoms with E-state index in [1.807, 2.05) is 6.07 Å². The minimum atomic E-state index is -0.558. The van der Waals surface area contributed by atoms with Crippen molar-refractivity contribution in [2.24, 2.45) is 0 Å². The number of nitrogens with zero attached hydrogens (tertiary/aromatic N) is 5. The van der Waals surface area contributed by atoms with Gasteiger partial charge in [-0.25, -0.2) is 9.78 Å². The van der Waals surface area contributed by atoms with Gasteiger partial charge in [0, 0.05) is 7.05 Å². The normalized spacial score (nSPS) is 9.67. The van der Waals surface area contributed by atoms with Gasteiger partial charge in [-0.3, -0.25) is 4.79 Å². The van der Waals surface area contributed by atoms with Crippen LogP contribution in [0, 0.1) is 22.7 Å². The average Bonchev–Trinajstić information content (AvgIpc) is 3.01. The highest BCUT2D eigenvalue weighted by Gasteiger charge is 2.20. The number of rotatable bonds is 4. The van der Waals surface area contributed by atoms with Gasteiger partial charge >= 0.3 is 5.97 Å². The average molecular weight is 323 g/mol. The lowest BCUT2D eigenvalue weighted by Gasteiger charge is -2.20. The molecule has 0 aliphatic heterocycles. The number of aromatic nitrogens is 2. The van der Waals surface area contributed by atoms with E-state index in [2.05, 4.69) is 4.98 Å². The monoisotopic (exact) mass is 323 g/mol. The molecular formula is C16H13N5O3. The summed E-state index contributed by atoms with van der Waals surface area (Å²) in [5.41, 5.74) is 0.608. The van der Waals surface area contributed by atoms with Crippen LogP contribution in [0.25, 0.3) is 0 Å². The molecule has 8 nitrogen and oxygen atoms in total. The van der Waals surface area contributed by atoms with Crippen molar-refractivity contribution < 1.29 is 14.3 Å². The number of imidazole rings is 1. The van der Waals surface area contributed by atoms with Crippen LogP contribution in [-0.2, 0) is 16.1 Å². The van der Waals surface area contributed by atoms with Crippen LogP contribution in [0.2, 0.25) is 0 Å². The second kappa shape index (κ2) is 7.07. The summed E-state index contributed by atoms with van der Waals surface area (Å²) in [6.45, 7) is -0.191. The van der Waals surface area contributed by atoms with E-state index in [0.29, 0.717) is 5.69 Å². The number of esters is 1. The molecule has 0 saturated carbocycles. The van der Waals surface area contributed by atoms with Crippen molar-refractivity contribution in [1.82, 2.24) is 9.55 Å². The molecule has 8 heteroatoms. The lowest BCUT2D eigenvalue weighted by molar-refractivity contribution is -0.118. The highest BCUT2D eigenvalue weighted by molar-refractivity contribution is 6.02. The number of ether oxygens (including phenoxy) is 1. The van der Waals surface area contributed by atoms with Crippen LogP contribution in [-0.4, -0.2) is 35.6 Å². The van der Waals surface area contributed by atoms with Gasteiger partial charge in [0.05, 0.1) is 24.7 Å². The lowest BCUT2D eigenvalue weighted by atomic mass is 10.1. The molecular weight excluding hydrogens is 310 g/mol. The molecule has 0 aliphatic rings. The molecule has 0 spiro atoms. The Bertz CT molecular complexity index is 873. The molecule has 0 aliphatic carbocycles. The largest absolute Gasteiger partial charge is 0.465 e. The summed E-state index contributed by atoms with van der Waals surface area (Å²) in [6, 6.07) is 10.2. The van der Waals surface area contributed by atoms with E-state index in [-0.39, 0.29) is 29.4 Å². The van der Waals surface area contributed by atoms with Gasteiger partial charge in [0.25, 0.3) is 0 Å². The Morgan fingerprint density at radius 3 is 2.62 bits per heavy atom. The Morgan fingerprint density at radius 2 is 2.00 bits per heavy atom. The maximum Gasteiger partial charge on any atom is 0.339 e. The molecule has 0 unspecified atom stereocenters. The fourth-order valence-electron chi connectivity index (χ4n) is 2.14. The number of para-hydroxylation sites is 1. The third-order valence-corrected chi connectivity index (χ3v) is 3.40. The first-order valence-electron chi connectivity index (χ1n) is 6.82. The van der Waals surface area contributed by atoms with E-state index >= 15 is 0 Å². The Labute approximate surface area is 138 Å². The number of nitriles is 2. The molecule has 0 atom stereocenters. The van der Waals surface area contributed by atoms with E-state index < -0.39 is 5.97 Å². The van der Waals surface area contributed by atoms with Gasteiger partial charge in [-0.2, -0.15) is 10.5 Å². The number of carbonyl (C=O) groups is 2. The maximum atomic E-state index is 12.5. The van der Waals surface area contributed by atoms with Crippen LogP contribution in [0.4, 0.5) is 5.69 Å². The van der Waals surface area contributed by atoms with Gasteiger partial charge in [-0.05, 0) is 12.1 Å². The van der Waals surface area contributed by atoms with Crippen LogP contribution in [0.1, 0.15) is 21.7 Å². The number of methoxy groups -OCH3 is 1.